The van der Waals surface area contributed by atoms with Gasteiger partial charge in [-0.25, -0.2) is 9.97 Å². The summed E-state index contributed by atoms with van der Waals surface area (Å²) in [6.07, 6.45) is 4.28. The highest BCUT2D eigenvalue weighted by molar-refractivity contribution is 9.10. The predicted octanol–water partition coefficient (Wildman–Crippen LogP) is 1.63. The van der Waals surface area contributed by atoms with E-state index >= 15 is 0 Å². The lowest BCUT2D eigenvalue weighted by atomic mass is 9.46. The maximum absolute atomic E-state index is 9.66. The maximum atomic E-state index is 9.66. The standard InChI is InChI=1S/C10H12BrN3O/c1-6-12-2-7(11)8(13-6)14-9-3-10(15,4-9)5-9/h2,15H,3-5H2,1H3,(H,12,13,14). The molecule has 5 heteroatoms. The summed E-state index contributed by atoms with van der Waals surface area (Å²) in [5.74, 6) is 1.59. The molecule has 1 aromatic rings. The first-order valence-electron chi connectivity index (χ1n) is 5.00. The summed E-state index contributed by atoms with van der Waals surface area (Å²) in [4.78, 5) is 8.43. The zero-order valence-corrected chi connectivity index (χ0v) is 10.0. The predicted molar refractivity (Wildman–Crippen MR) is 59.6 cm³/mol. The van der Waals surface area contributed by atoms with Crippen molar-refractivity contribution in [3.63, 3.8) is 0 Å². The number of anilines is 1. The number of nitrogens with zero attached hydrogens (tertiary/aromatic N) is 2. The topological polar surface area (TPSA) is 58.0 Å². The molecule has 4 rings (SSSR count). The minimum absolute atomic E-state index is 0.0953. The van der Waals surface area contributed by atoms with Crippen LogP contribution in [-0.2, 0) is 0 Å². The Morgan fingerprint density at radius 2 is 2.13 bits per heavy atom. The summed E-state index contributed by atoms with van der Waals surface area (Å²) in [7, 11) is 0. The monoisotopic (exact) mass is 269 g/mol. The van der Waals surface area contributed by atoms with E-state index in [1.807, 2.05) is 6.92 Å². The highest BCUT2D eigenvalue weighted by Gasteiger charge is 2.67. The Morgan fingerprint density at radius 1 is 1.47 bits per heavy atom. The molecule has 0 aliphatic heterocycles. The van der Waals surface area contributed by atoms with Crippen LogP contribution in [0.4, 0.5) is 5.82 Å². The molecule has 0 amide bonds. The molecule has 0 radical (unpaired) electrons. The summed E-state index contributed by atoms with van der Waals surface area (Å²) < 4.78 is 0.879. The van der Waals surface area contributed by atoms with Gasteiger partial charge >= 0.3 is 0 Å². The molecule has 15 heavy (non-hydrogen) atoms. The molecule has 3 fully saturated rings. The van der Waals surface area contributed by atoms with Gasteiger partial charge in [-0.1, -0.05) is 0 Å². The van der Waals surface area contributed by atoms with Crippen LogP contribution in [0, 0.1) is 6.92 Å². The third-order valence-electron chi connectivity index (χ3n) is 3.25. The molecule has 1 aromatic heterocycles. The number of aryl methyl sites for hydroxylation is 1. The van der Waals surface area contributed by atoms with Crippen LogP contribution < -0.4 is 5.32 Å². The van der Waals surface area contributed by atoms with Crippen LogP contribution in [0.5, 0.6) is 0 Å². The Hall–Kier alpha value is -0.680. The SMILES string of the molecule is Cc1ncc(Br)c(NC23CC(O)(C2)C3)n1. The average Bonchev–Trinajstić information content (AvgIpc) is 2.07. The van der Waals surface area contributed by atoms with Crippen molar-refractivity contribution in [2.45, 2.75) is 37.3 Å². The summed E-state index contributed by atoms with van der Waals surface area (Å²) in [5, 5.41) is 13.1. The Bertz CT molecular complexity index is 415. The van der Waals surface area contributed by atoms with Crippen molar-refractivity contribution in [2.24, 2.45) is 0 Å². The summed E-state index contributed by atoms with van der Waals surface area (Å²) in [5.41, 5.74) is -0.278. The van der Waals surface area contributed by atoms with Gasteiger partial charge in [0.05, 0.1) is 10.1 Å². The van der Waals surface area contributed by atoms with Crippen molar-refractivity contribution in [1.82, 2.24) is 9.97 Å². The van der Waals surface area contributed by atoms with E-state index in [0.29, 0.717) is 0 Å². The van der Waals surface area contributed by atoms with Crippen molar-refractivity contribution >= 4 is 21.7 Å². The minimum Gasteiger partial charge on any atom is -0.390 e. The van der Waals surface area contributed by atoms with Crippen LogP contribution in [-0.4, -0.2) is 26.2 Å². The van der Waals surface area contributed by atoms with E-state index in [4.69, 9.17) is 0 Å². The van der Waals surface area contributed by atoms with Crippen LogP contribution in [0.1, 0.15) is 25.1 Å². The number of aliphatic hydroxyl groups is 1. The Labute approximate surface area is 96.3 Å². The fourth-order valence-electron chi connectivity index (χ4n) is 2.66. The van der Waals surface area contributed by atoms with E-state index in [1.165, 1.54) is 0 Å². The normalized spacial score (nSPS) is 36.7. The van der Waals surface area contributed by atoms with Crippen molar-refractivity contribution < 1.29 is 5.11 Å². The largest absolute Gasteiger partial charge is 0.390 e. The van der Waals surface area contributed by atoms with Crippen molar-refractivity contribution in [2.75, 3.05) is 5.32 Å². The number of hydrogen-bond donors (Lipinski definition) is 2. The van der Waals surface area contributed by atoms with Crippen LogP contribution in [0.15, 0.2) is 10.7 Å². The molecule has 3 aliphatic rings. The van der Waals surface area contributed by atoms with Gasteiger partial charge in [-0.15, -0.1) is 0 Å². The first-order chi connectivity index (χ1) is 7.00. The molecule has 3 saturated carbocycles. The molecular weight excluding hydrogens is 258 g/mol. The molecular formula is C10H12BrN3O. The third kappa shape index (κ3) is 1.37. The van der Waals surface area contributed by atoms with Crippen molar-refractivity contribution in [3.05, 3.63) is 16.5 Å². The first kappa shape index (κ1) is 9.54. The van der Waals surface area contributed by atoms with E-state index in [0.717, 1.165) is 35.4 Å². The quantitative estimate of drug-likeness (QED) is 0.857. The van der Waals surface area contributed by atoms with Crippen molar-refractivity contribution in [1.29, 1.82) is 0 Å². The van der Waals surface area contributed by atoms with Crippen molar-refractivity contribution in [3.8, 4) is 0 Å². The zero-order chi connectivity index (χ0) is 10.7. The van der Waals surface area contributed by atoms with Gasteiger partial charge in [0.15, 0.2) is 0 Å². The second-order valence-corrected chi connectivity index (χ2v) is 5.63. The second-order valence-electron chi connectivity index (χ2n) is 4.77. The van der Waals surface area contributed by atoms with Gasteiger partial charge in [-0.3, -0.25) is 0 Å². The molecule has 80 valence electrons. The third-order valence-corrected chi connectivity index (χ3v) is 3.83. The van der Waals surface area contributed by atoms with E-state index in [-0.39, 0.29) is 11.1 Å². The van der Waals surface area contributed by atoms with E-state index in [2.05, 4.69) is 31.2 Å². The lowest BCUT2D eigenvalue weighted by molar-refractivity contribution is -0.195. The number of halogens is 1. The van der Waals surface area contributed by atoms with Gasteiger partial charge in [0.25, 0.3) is 0 Å². The lowest BCUT2D eigenvalue weighted by Crippen LogP contribution is -2.75. The van der Waals surface area contributed by atoms with E-state index in [9.17, 15) is 5.11 Å². The first-order valence-corrected chi connectivity index (χ1v) is 5.79. The fourth-order valence-corrected chi connectivity index (χ4v) is 2.95. The highest BCUT2D eigenvalue weighted by Crippen LogP contribution is 2.61. The molecule has 2 N–H and O–H groups in total. The molecule has 4 nitrogen and oxygen atoms in total. The summed E-state index contributed by atoms with van der Waals surface area (Å²) >= 11 is 3.42. The van der Waals surface area contributed by atoms with Gasteiger partial charge in [-0.2, -0.15) is 0 Å². The smallest absolute Gasteiger partial charge is 0.144 e. The van der Waals surface area contributed by atoms with Gasteiger partial charge in [-0.05, 0) is 42.1 Å². The van der Waals surface area contributed by atoms with Gasteiger partial charge in [0, 0.05) is 11.7 Å². The fraction of sp³-hybridized carbons (Fsp3) is 0.600. The molecule has 0 unspecified atom stereocenters. The number of hydrogen-bond acceptors (Lipinski definition) is 4. The lowest BCUT2D eigenvalue weighted by Gasteiger charge is -2.67. The zero-order valence-electron chi connectivity index (χ0n) is 8.42. The summed E-state index contributed by atoms with van der Waals surface area (Å²) in [6, 6.07) is 0. The molecule has 2 bridgehead atoms. The molecule has 1 heterocycles. The Balaban J connectivity index is 1.80. The molecule has 0 atom stereocenters. The van der Waals surface area contributed by atoms with E-state index < -0.39 is 0 Å². The molecule has 0 spiro atoms. The minimum atomic E-state index is -0.373. The van der Waals surface area contributed by atoms with Crippen LogP contribution in [0.25, 0.3) is 0 Å². The number of rotatable bonds is 2. The second kappa shape index (κ2) is 2.71. The van der Waals surface area contributed by atoms with Gasteiger partial charge < -0.3 is 10.4 Å². The molecule has 3 aliphatic carbocycles. The molecule has 0 aromatic carbocycles. The van der Waals surface area contributed by atoms with Crippen LogP contribution in [0.2, 0.25) is 0 Å². The van der Waals surface area contributed by atoms with Gasteiger partial charge in [0.1, 0.15) is 11.6 Å². The Kier molecular flexibility index (Phi) is 1.72. The van der Waals surface area contributed by atoms with Gasteiger partial charge in [0.2, 0.25) is 0 Å². The Morgan fingerprint density at radius 3 is 2.73 bits per heavy atom. The summed E-state index contributed by atoms with van der Waals surface area (Å²) in [6.45, 7) is 1.87. The highest BCUT2D eigenvalue weighted by atomic mass is 79.9. The number of aromatic nitrogens is 2. The molecule has 0 saturated heterocycles. The average molecular weight is 270 g/mol. The van der Waals surface area contributed by atoms with E-state index in [1.54, 1.807) is 6.20 Å². The van der Waals surface area contributed by atoms with Crippen LogP contribution in [0.3, 0.4) is 0 Å². The maximum Gasteiger partial charge on any atom is 0.144 e. The van der Waals surface area contributed by atoms with Crippen LogP contribution >= 0.6 is 15.9 Å². The number of nitrogens with one attached hydrogen (secondary N) is 1.